The van der Waals surface area contributed by atoms with Crippen LogP contribution in [0.15, 0.2) is 35.4 Å². The SMILES string of the molecule is CCOc1ccc(S(=O)(=O)N2C[C@@H]3C[C@]3(C(F)F)C2)c2ncccc12. The number of aromatic nitrogens is 1. The summed E-state index contributed by atoms with van der Waals surface area (Å²) in [5, 5.41) is 0.596. The molecule has 8 heteroatoms. The van der Waals surface area contributed by atoms with Gasteiger partial charge >= 0.3 is 0 Å². The number of sulfonamides is 1. The molecule has 1 aromatic heterocycles. The van der Waals surface area contributed by atoms with E-state index >= 15 is 0 Å². The van der Waals surface area contributed by atoms with Crippen LogP contribution in [0.1, 0.15) is 13.3 Å². The van der Waals surface area contributed by atoms with Crippen molar-refractivity contribution in [1.82, 2.24) is 9.29 Å². The molecule has 1 saturated carbocycles. The molecule has 0 bridgehead atoms. The molecule has 2 aromatic rings. The molecule has 1 saturated heterocycles. The molecule has 0 N–H and O–H groups in total. The summed E-state index contributed by atoms with van der Waals surface area (Å²) in [5.74, 6) is 0.307. The van der Waals surface area contributed by atoms with Gasteiger partial charge in [-0.05, 0) is 43.5 Å². The number of hydrogen-bond acceptors (Lipinski definition) is 4. The Bertz CT molecular complexity index is 935. The van der Waals surface area contributed by atoms with Gasteiger partial charge in [-0.1, -0.05) is 0 Å². The van der Waals surface area contributed by atoms with Crippen LogP contribution in [0.5, 0.6) is 5.75 Å². The molecule has 2 fully saturated rings. The van der Waals surface area contributed by atoms with Crippen LogP contribution in [0, 0.1) is 11.3 Å². The van der Waals surface area contributed by atoms with Crippen molar-refractivity contribution in [2.75, 3.05) is 19.7 Å². The topological polar surface area (TPSA) is 59.5 Å². The van der Waals surface area contributed by atoms with Gasteiger partial charge in [0.1, 0.15) is 10.6 Å². The van der Waals surface area contributed by atoms with Crippen LogP contribution >= 0.6 is 0 Å². The third-order valence-corrected chi connectivity index (χ3v) is 7.06. The lowest BCUT2D eigenvalue weighted by Crippen LogP contribution is -2.33. The zero-order valence-electron chi connectivity index (χ0n) is 13.7. The van der Waals surface area contributed by atoms with E-state index in [1.54, 1.807) is 18.2 Å². The van der Waals surface area contributed by atoms with E-state index in [0.717, 1.165) is 0 Å². The minimum atomic E-state index is -3.89. The van der Waals surface area contributed by atoms with Crippen LogP contribution in [0.25, 0.3) is 10.9 Å². The summed E-state index contributed by atoms with van der Waals surface area (Å²) in [4.78, 5) is 4.25. The summed E-state index contributed by atoms with van der Waals surface area (Å²) in [7, 11) is -3.89. The molecule has 0 unspecified atom stereocenters. The van der Waals surface area contributed by atoms with Crippen molar-refractivity contribution < 1.29 is 21.9 Å². The Morgan fingerprint density at radius 3 is 2.88 bits per heavy atom. The van der Waals surface area contributed by atoms with Gasteiger partial charge in [-0.25, -0.2) is 17.2 Å². The van der Waals surface area contributed by atoms with Gasteiger partial charge in [-0.15, -0.1) is 0 Å². The molecule has 5 nitrogen and oxygen atoms in total. The molecule has 4 rings (SSSR count). The lowest BCUT2D eigenvalue weighted by atomic mass is 10.1. The highest BCUT2D eigenvalue weighted by Gasteiger charge is 2.67. The van der Waals surface area contributed by atoms with E-state index in [1.165, 1.54) is 16.6 Å². The zero-order valence-corrected chi connectivity index (χ0v) is 14.5. The molecule has 1 aliphatic carbocycles. The van der Waals surface area contributed by atoms with Crippen LogP contribution in [0.4, 0.5) is 8.78 Å². The number of pyridine rings is 1. The number of fused-ring (bicyclic) bond motifs is 2. The fraction of sp³-hybridized carbons (Fsp3) is 0.471. The van der Waals surface area contributed by atoms with Gasteiger partial charge < -0.3 is 4.74 Å². The standard InChI is InChI=1S/C17H18F2N2O3S/c1-2-24-13-5-6-14(15-12(13)4-3-7-20-15)25(22,23)21-9-11-8-17(11,10-21)16(18)19/h3-7,11,16H,2,8-10H2,1H3/t11-,17-/m0/s1. The highest BCUT2D eigenvalue weighted by Crippen LogP contribution is 2.62. The average molecular weight is 368 g/mol. The maximum Gasteiger partial charge on any atom is 0.245 e. The number of hydrogen-bond donors (Lipinski definition) is 0. The Hall–Kier alpha value is -1.80. The first-order valence-corrected chi connectivity index (χ1v) is 9.63. The molecule has 1 aliphatic heterocycles. The van der Waals surface area contributed by atoms with E-state index < -0.39 is 21.9 Å². The molecular weight excluding hydrogens is 350 g/mol. The number of piperidine rings is 1. The van der Waals surface area contributed by atoms with Crippen molar-refractivity contribution in [1.29, 1.82) is 0 Å². The second-order valence-electron chi connectivity index (χ2n) is 6.63. The van der Waals surface area contributed by atoms with Crippen molar-refractivity contribution in [3.8, 4) is 5.75 Å². The van der Waals surface area contributed by atoms with E-state index in [-0.39, 0.29) is 23.9 Å². The fourth-order valence-electron chi connectivity index (χ4n) is 3.75. The minimum absolute atomic E-state index is 0.0391. The molecule has 2 aliphatic rings. The summed E-state index contributed by atoms with van der Waals surface area (Å²) in [6.45, 7) is 2.31. The second kappa shape index (κ2) is 5.60. The quantitative estimate of drug-likeness (QED) is 0.814. The molecule has 25 heavy (non-hydrogen) atoms. The highest BCUT2D eigenvalue weighted by molar-refractivity contribution is 7.89. The number of nitrogens with zero attached hydrogens (tertiary/aromatic N) is 2. The maximum absolute atomic E-state index is 13.3. The van der Waals surface area contributed by atoms with Gasteiger partial charge in [-0.2, -0.15) is 4.31 Å². The number of ether oxygens (including phenoxy) is 1. The van der Waals surface area contributed by atoms with Crippen LogP contribution in [0.3, 0.4) is 0 Å². The lowest BCUT2D eigenvalue weighted by Gasteiger charge is -2.21. The highest BCUT2D eigenvalue weighted by atomic mass is 32.2. The summed E-state index contributed by atoms with van der Waals surface area (Å²) >= 11 is 0. The largest absolute Gasteiger partial charge is 0.493 e. The third-order valence-electron chi connectivity index (χ3n) is 5.22. The smallest absolute Gasteiger partial charge is 0.245 e. The summed E-state index contributed by atoms with van der Waals surface area (Å²) in [5.41, 5.74) is -0.846. The van der Waals surface area contributed by atoms with Crippen molar-refractivity contribution in [2.24, 2.45) is 11.3 Å². The van der Waals surface area contributed by atoms with Crippen LogP contribution in [0.2, 0.25) is 0 Å². The molecule has 134 valence electrons. The van der Waals surface area contributed by atoms with Gasteiger partial charge in [0.05, 0.1) is 12.1 Å². The van der Waals surface area contributed by atoms with Gasteiger partial charge in [0, 0.05) is 30.1 Å². The minimum Gasteiger partial charge on any atom is -0.493 e. The Morgan fingerprint density at radius 1 is 1.40 bits per heavy atom. The number of benzene rings is 1. The fourth-order valence-corrected chi connectivity index (χ4v) is 5.46. The molecule has 0 amide bonds. The molecule has 2 atom stereocenters. The van der Waals surface area contributed by atoms with Gasteiger partial charge in [0.15, 0.2) is 0 Å². The van der Waals surface area contributed by atoms with Crippen LogP contribution in [-0.4, -0.2) is 43.8 Å². The van der Waals surface area contributed by atoms with E-state index in [2.05, 4.69) is 4.98 Å². The third kappa shape index (κ3) is 2.42. The average Bonchev–Trinajstić information content (AvgIpc) is 3.17. The van der Waals surface area contributed by atoms with E-state index in [9.17, 15) is 17.2 Å². The predicted octanol–water partition coefficient (Wildman–Crippen LogP) is 2.91. The first-order chi connectivity index (χ1) is 11.9. The molecule has 2 heterocycles. The van der Waals surface area contributed by atoms with Gasteiger partial charge in [0.25, 0.3) is 0 Å². The Labute approximate surface area is 144 Å². The van der Waals surface area contributed by atoms with Crippen molar-refractivity contribution in [3.63, 3.8) is 0 Å². The number of halogens is 2. The number of alkyl halides is 2. The molecular formula is C17H18F2N2O3S. The molecule has 1 aromatic carbocycles. The summed E-state index contributed by atoms with van der Waals surface area (Å²) in [6.07, 6.45) is -0.578. The van der Waals surface area contributed by atoms with Crippen molar-refractivity contribution in [2.45, 2.75) is 24.7 Å². The molecule has 0 spiro atoms. The summed E-state index contributed by atoms with van der Waals surface area (Å²) < 4.78 is 59.4. The van der Waals surface area contributed by atoms with Crippen LogP contribution < -0.4 is 4.74 Å². The van der Waals surface area contributed by atoms with E-state index in [1.807, 2.05) is 6.92 Å². The normalized spacial score (nSPS) is 26.2. The first-order valence-electron chi connectivity index (χ1n) is 8.19. The van der Waals surface area contributed by atoms with E-state index in [0.29, 0.717) is 29.7 Å². The van der Waals surface area contributed by atoms with E-state index in [4.69, 9.17) is 4.74 Å². The number of rotatable bonds is 5. The van der Waals surface area contributed by atoms with Gasteiger partial charge in [-0.3, -0.25) is 4.98 Å². The predicted molar refractivity (Wildman–Crippen MR) is 88.2 cm³/mol. The Kier molecular flexibility index (Phi) is 3.73. The van der Waals surface area contributed by atoms with Gasteiger partial charge in [0.2, 0.25) is 16.4 Å². The van der Waals surface area contributed by atoms with Crippen molar-refractivity contribution in [3.05, 3.63) is 30.5 Å². The summed E-state index contributed by atoms with van der Waals surface area (Å²) in [6, 6.07) is 6.50. The molecule has 0 radical (unpaired) electrons. The lowest BCUT2D eigenvalue weighted by molar-refractivity contribution is 0.0597. The maximum atomic E-state index is 13.3. The first kappa shape index (κ1) is 16.7. The second-order valence-corrected chi connectivity index (χ2v) is 8.53. The zero-order chi connectivity index (χ0) is 17.8. The Morgan fingerprint density at radius 2 is 2.20 bits per heavy atom. The monoisotopic (exact) mass is 368 g/mol. The van der Waals surface area contributed by atoms with Crippen LogP contribution in [-0.2, 0) is 10.0 Å². The Balaban J connectivity index is 1.76. The van der Waals surface area contributed by atoms with Crippen molar-refractivity contribution >= 4 is 20.9 Å².